The lowest BCUT2D eigenvalue weighted by atomic mass is 9.78. The fraction of sp³-hybridized carbons (Fsp3) is 0.543. The van der Waals surface area contributed by atoms with Crippen LogP contribution in [0.3, 0.4) is 0 Å². The van der Waals surface area contributed by atoms with Crippen LogP contribution < -0.4 is 14.7 Å². The lowest BCUT2D eigenvalue weighted by molar-refractivity contribution is -0.143. The number of pyridine rings is 1. The monoisotopic (exact) mass is 744 g/mol. The second-order valence-corrected chi connectivity index (χ2v) is 13.5. The second-order valence-electron chi connectivity index (χ2n) is 13.5. The van der Waals surface area contributed by atoms with E-state index in [2.05, 4.69) is 15.0 Å². The molecular formula is C35H37F9N6O2. The van der Waals surface area contributed by atoms with E-state index in [0.717, 1.165) is 44.2 Å². The molecule has 2 aliphatic heterocycles. The summed E-state index contributed by atoms with van der Waals surface area (Å²) < 4.78 is 131. The Morgan fingerprint density at radius 2 is 1.35 bits per heavy atom. The van der Waals surface area contributed by atoms with Crippen LogP contribution in [0.1, 0.15) is 66.3 Å². The molecule has 3 aromatic rings. The normalized spacial score (nSPS) is 21.8. The van der Waals surface area contributed by atoms with Gasteiger partial charge in [0.25, 0.3) is 0 Å². The van der Waals surface area contributed by atoms with Crippen molar-refractivity contribution in [2.24, 2.45) is 11.8 Å². The van der Waals surface area contributed by atoms with Crippen molar-refractivity contribution in [2.75, 3.05) is 47.5 Å². The highest BCUT2D eigenvalue weighted by molar-refractivity contribution is 5.55. The number of alkyl halides is 9. The molecule has 0 spiro atoms. The van der Waals surface area contributed by atoms with Gasteiger partial charge in [-0.2, -0.15) is 39.5 Å². The van der Waals surface area contributed by atoms with E-state index in [1.54, 1.807) is 0 Å². The number of aromatic nitrogens is 3. The van der Waals surface area contributed by atoms with Gasteiger partial charge in [0.05, 0.1) is 48.0 Å². The van der Waals surface area contributed by atoms with Crippen molar-refractivity contribution in [1.82, 2.24) is 15.0 Å². The SMILES string of the molecule is O=CC1CCC([C@H]2CCCN2c2ncc(C(F)(F)F)cc2CN(Cc2cc(C(F)(F)F)cc(C(F)(F)F)c2)c2ncc(N3CCOCC3)cn2)CC1. The number of carbonyl (C=O) groups excluding carboxylic acids is 1. The summed E-state index contributed by atoms with van der Waals surface area (Å²) in [5, 5.41) is 0. The number of nitrogens with zero attached hydrogens (tertiary/aromatic N) is 6. The number of carbonyl (C=O) groups is 1. The highest BCUT2D eigenvalue weighted by atomic mass is 19.4. The molecule has 52 heavy (non-hydrogen) atoms. The average molecular weight is 745 g/mol. The Hall–Kier alpha value is -4.15. The first-order chi connectivity index (χ1) is 24.6. The molecule has 17 heteroatoms. The fourth-order valence-electron chi connectivity index (χ4n) is 7.44. The molecule has 3 fully saturated rings. The number of benzene rings is 1. The van der Waals surface area contributed by atoms with Gasteiger partial charge >= 0.3 is 18.5 Å². The van der Waals surface area contributed by atoms with Crippen molar-refractivity contribution in [3.63, 3.8) is 0 Å². The van der Waals surface area contributed by atoms with Crippen LogP contribution in [-0.4, -0.2) is 60.1 Å². The predicted molar refractivity (Wildman–Crippen MR) is 173 cm³/mol. The molecule has 0 unspecified atom stereocenters. The molecule has 1 aromatic carbocycles. The van der Waals surface area contributed by atoms with Crippen LogP contribution in [0.2, 0.25) is 0 Å². The van der Waals surface area contributed by atoms with Crippen LogP contribution in [0.25, 0.3) is 0 Å². The molecule has 0 amide bonds. The summed E-state index contributed by atoms with van der Waals surface area (Å²) in [6.45, 7) is 1.43. The van der Waals surface area contributed by atoms with Crippen LogP contribution in [0.15, 0.2) is 42.9 Å². The van der Waals surface area contributed by atoms with Gasteiger partial charge < -0.3 is 24.2 Å². The molecule has 1 atom stereocenters. The Morgan fingerprint density at radius 1 is 0.731 bits per heavy atom. The first-order valence-corrected chi connectivity index (χ1v) is 17.1. The number of hydrogen-bond acceptors (Lipinski definition) is 8. The zero-order valence-corrected chi connectivity index (χ0v) is 27.9. The van der Waals surface area contributed by atoms with E-state index in [-0.39, 0.29) is 41.3 Å². The fourth-order valence-corrected chi connectivity index (χ4v) is 7.44. The van der Waals surface area contributed by atoms with Gasteiger partial charge in [-0.1, -0.05) is 0 Å². The highest BCUT2D eigenvalue weighted by Gasteiger charge is 2.39. The van der Waals surface area contributed by atoms with Crippen LogP contribution >= 0.6 is 0 Å². The van der Waals surface area contributed by atoms with E-state index in [9.17, 15) is 44.3 Å². The highest BCUT2D eigenvalue weighted by Crippen LogP contribution is 2.41. The Kier molecular flexibility index (Phi) is 10.9. The van der Waals surface area contributed by atoms with Crippen molar-refractivity contribution in [1.29, 1.82) is 0 Å². The van der Waals surface area contributed by atoms with E-state index >= 15 is 0 Å². The van der Waals surface area contributed by atoms with E-state index in [4.69, 9.17) is 4.74 Å². The molecule has 282 valence electrons. The minimum Gasteiger partial charge on any atom is -0.378 e. The summed E-state index contributed by atoms with van der Waals surface area (Å²) in [6, 6.07) is 2.03. The third kappa shape index (κ3) is 8.72. The average Bonchev–Trinajstić information content (AvgIpc) is 3.60. The number of ether oxygens (including phenoxy) is 1. The van der Waals surface area contributed by atoms with E-state index < -0.39 is 53.9 Å². The number of aldehydes is 1. The maximum atomic E-state index is 14.1. The van der Waals surface area contributed by atoms with Gasteiger partial charge in [-0.3, -0.25) is 0 Å². The number of morpholine rings is 1. The molecular weight excluding hydrogens is 707 g/mol. The Labute approximate surface area is 294 Å². The molecule has 0 bridgehead atoms. The molecule has 0 radical (unpaired) electrons. The van der Waals surface area contributed by atoms with Gasteiger partial charge in [-0.15, -0.1) is 0 Å². The van der Waals surface area contributed by atoms with Crippen LogP contribution in [0.4, 0.5) is 57.0 Å². The van der Waals surface area contributed by atoms with Crippen molar-refractivity contribution in [3.8, 4) is 0 Å². The second kappa shape index (κ2) is 15.1. The topological polar surface area (TPSA) is 74.7 Å². The van der Waals surface area contributed by atoms with Crippen molar-refractivity contribution in [3.05, 3.63) is 70.7 Å². The standard InChI is InChI=1S/C35H37F9N6O2/c36-33(37,38)26-12-23(13-27(15-26)34(39,40)41)19-49(32-46-17-29(18-47-32)48-8-10-52-11-9-48)20-25-14-28(35(42,43)44)16-45-31(25)50-7-1-2-30(50)24-5-3-22(21-51)4-6-24/h12-18,21-22,24,30H,1-11,19-20H2/t22?,24?,30-/m1/s1. The number of anilines is 3. The van der Waals surface area contributed by atoms with E-state index in [1.807, 2.05) is 9.80 Å². The predicted octanol–water partition coefficient (Wildman–Crippen LogP) is 7.95. The Bertz CT molecular complexity index is 1650. The summed E-state index contributed by atoms with van der Waals surface area (Å²) in [5.74, 6) is 0.246. The first kappa shape index (κ1) is 37.6. The Morgan fingerprint density at radius 3 is 1.92 bits per heavy atom. The van der Waals surface area contributed by atoms with Crippen LogP contribution in [-0.2, 0) is 41.1 Å². The molecule has 8 nitrogen and oxygen atoms in total. The zero-order chi connectivity index (χ0) is 37.3. The summed E-state index contributed by atoms with van der Waals surface area (Å²) in [4.78, 5) is 29.6. The molecule has 1 aliphatic carbocycles. The van der Waals surface area contributed by atoms with Crippen molar-refractivity contribution < 1.29 is 49.0 Å². The zero-order valence-electron chi connectivity index (χ0n) is 27.9. The smallest absolute Gasteiger partial charge is 0.378 e. The number of hydrogen-bond donors (Lipinski definition) is 0. The molecule has 0 N–H and O–H groups in total. The van der Waals surface area contributed by atoms with Gasteiger partial charge in [0, 0.05) is 56.4 Å². The molecule has 2 saturated heterocycles. The quantitative estimate of drug-likeness (QED) is 0.162. The molecule has 6 rings (SSSR count). The van der Waals surface area contributed by atoms with Crippen molar-refractivity contribution in [2.45, 2.75) is 76.2 Å². The van der Waals surface area contributed by atoms with Crippen LogP contribution in [0.5, 0.6) is 0 Å². The van der Waals surface area contributed by atoms with Gasteiger partial charge in [0.15, 0.2) is 0 Å². The number of rotatable bonds is 9. The van der Waals surface area contributed by atoms with Gasteiger partial charge in [-0.05, 0) is 74.3 Å². The lowest BCUT2D eigenvalue weighted by Gasteiger charge is -2.37. The van der Waals surface area contributed by atoms with Gasteiger partial charge in [-0.25, -0.2) is 15.0 Å². The molecule has 3 aliphatic rings. The van der Waals surface area contributed by atoms with E-state index in [1.165, 1.54) is 17.3 Å². The first-order valence-electron chi connectivity index (χ1n) is 17.1. The lowest BCUT2D eigenvalue weighted by Crippen LogP contribution is -2.39. The maximum absolute atomic E-state index is 14.1. The van der Waals surface area contributed by atoms with Gasteiger partial charge in [0.1, 0.15) is 12.1 Å². The summed E-state index contributed by atoms with van der Waals surface area (Å²) in [7, 11) is 0. The third-order valence-electron chi connectivity index (χ3n) is 10.1. The molecule has 1 saturated carbocycles. The summed E-state index contributed by atoms with van der Waals surface area (Å²) in [6.07, 6.45) is -6.02. The van der Waals surface area contributed by atoms with Gasteiger partial charge in [0.2, 0.25) is 5.95 Å². The minimum atomic E-state index is -5.11. The van der Waals surface area contributed by atoms with Crippen LogP contribution in [0, 0.1) is 11.8 Å². The third-order valence-corrected chi connectivity index (χ3v) is 10.1. The largest absolute Gasteiger partial charge is 0.417 e. The van der Waals surface area contributed by atoms with E-state index in [0.29, 0.717) is 63.5 Å². The molecule has 4 heterocycles. The summed E-state index contributed by atoms with van der Waals surface area (Å²) in [5.41, 5.74) is -3.84. The Balaban J connectivity index is 1.41. The minimum absolute atomic E-state index is 0.0202. The number of halogens is 9. The molecule has 2 aromatic heterocycles. The summed E-state index contributed by atoms with van der Waals surface area (Å²) >= 11 is 0. The van der Waals surface area contributed by atoms with Crippen molar-refractivity contribution >= 4 is 23.7 Å². The maximum Gasteiger partial charge on any atom is 0.417 e.